The first-order chi connectivity index (χ1) is 11.8. The van der Waals surface area contributed by atoms with Crippen LogP contribution in [0.2, 0.25) is 0 Å². The van der Waals surface area contributed by atoms with Gasteiger partial charge in [0.15, 0.2) is 5.78 Å². The summed E-state index contributed by atoms with van der Waals surface area (Å²) in [6.07, 6.45) is 5.15. The van der Waals surface area contributed by atoms with Crippen LogP contribution in [0.5, 0.6) is 0 Å². The fourth-order valence-corrected chi connectivity index (χ4v) is 3.09. The van der Waals surface area contributed by atoms with Crippen LogP contribution >= 0.6 is 0 Å². The molecule has 24 heavy (non-hydrogen) atoms. The van der Waals surface area contributed by atoms with E-state index in [4.69, 9.17) is 0 Å². The Balaban J connectivity index is 1.93. The highest BCUT2D eigenvalue weighted by molar-refractivity contribution is 6.14. The van der Waals surface area contributed by atoms with E-state index in [9.17, 15) is 4.79 Å². The minimum atomic E-state index is 0.176. The van der Waals surface area contributed by atoms with Crippen LogP contribution in [0, 0.1) is 0 Å². The summed E-state index contributed by atoms with van der Waals surface area (Å²) in [4.78, 5) is 15.3. The Labute approximate surface area is 144 Å². The predicted octanol–water partition coefficient (Wildman–Crippen LogP) is 4.45. The molecule has 122 valence electrons. The van der Waals surface area contributed by atoms with E-state index in [1.807, 2.05) is 72.8 Å². The van der Waals surface area contributed by atoms with Gasteiger partial charge in [0.05, 0.1) is 0 Å². The molecule has 0 spiro atoms. The first kappa shape index (κ1) is 16.4. The van der Waals surface area contributed by atoms with E-state index in [0.29, 0.717) is 0 Å². The van der Waals surface area contributed by atoms with Crippen molar-refractivity contribution in [2.45, 2.75) is 13.3 Å². The number of carbonyl (C=O) groups excluding carboxylic acids is 1. The van der Waals surface area contributed by atoms with Crippen molar-refractivity contribution in [1.82, 2.24) is 4.90 Å². The van der Waals surface area contributed by atoms with Crippen LogP contribution in [0.15, 0.2) is 71.8 Å². The molecule has 2 aromatic carbocycles. The molecule has 0 N–H and O–H groups in total. The molecule has 1 saturated heterocycles. The molecule has 0 radical (unpaired) electrons. The van der Waals surface area contributed by atoms with Crippen LogP contribution in [0.4, 0.5) is 0 Å². The third kappa shape index (κ3) is 4.09. The first-order valence-corrected chi connectivity index (χ1v) is 8.54. The van der Waals surface area contributed by atoms with Crippen LogP contribution in [-0.4, -0.2) is 30.3 Å². The topological polar surface area (TPSA) is 20.3 Å². The number of carbonyl (C=O) groups is 1. The Morgan fingerprint density at radius 3 is 1.71 bits per heavy atom. The predicted molar refractivity (Wildman–Crippen MR) is 101 cm³/mol. The number of nitrogens with zero attached hydrogens (tertiary/aromatic N) is 1. The third-order valence-corrected chi connectivity index (χ3v) is 4.19. The van der Waals surface area contributed by atoms with E-state index in [0.717, 1.165) is 48.3 Å². The normalized spacial score (nSPS) is 19.1. The molecule has 1 heterocycles. The largest absolute Gasteiger partial charge is 0.295 e. The van der Waals surface area contributed by atoms with Crippen molar-refractivity contribution in [1.29, 1.82) is 0 Å². The summed E-state index contributed by atoms with van der Waals surface area (Å²) in [6, 6.07) is 20.2. The van der Waals surface area contributed by atoms with Crippen LogP contribution in [-0.2, 0) is 4.79 Å². The SMILES string of the molecule is CCCN1C/C(=C/c2ccccc2)C(=O)/C(=C/c2ccccc2)C1. The van der Waals surface area contributed by atoms with Crippen LogP contribution in [0.1, 0.15) is 24.5 Å². The summed E-state index contributed by atoms with van der Waals surface area (Å²) in [6.45, 7) is 4.64. The van der Waals surface area contributed by atoms with Crippen LogP contribution in [0.3, 0.4) is 0 Å². The second kappa shape index (κ2) is 7.89. The average Bonchev–Trinajstić information content (AvgIpc) is 2.61. The fourth-order valence-electron chi connectivity index (χ4n) is 3.09. The maximum Gasteiger partial charge on any atom is 0.187 e. The molecule has 2 nitrogen and oxygen atoms in total. The minimum absolute atomic E-state index is 0.176. The van der Waals surface area contributed by atoms with E-state index in [1.165, 1.54) is 0 Å². The van der Waals surface area contributed by atoms with Crippen molar-refractivity contribution < 1.29 is 4.79 Å². The van der Waals surface area contributed by atoms with E-state index >= 15 is 0 Å². The lowest BCUT2D eigenvalue weighted by atomic mass is 9.94. The van der Waals surface area contributed by atoms with E-state index in [-0.39, 0.29) is 5.78 Å². The molecular formula is C22H23NO. The zero-order valence-corrected chi connectivity index (χ0v) is 14.1. The van der Waals surface area contributed by atoms with E-state index < -0.39 is 0 Å². The maximum atomic E-state index is 12.9. The van der Waals surface area contributed by atoms with Crippen molar-refractivity contribution in [3.63, 3.8) is 0 Å². The fraction of sp³-hybridized carbons (Fsp3) is 0.227. The molecule has 1 fully saturated rings. The number of rotatable bonds is 4. The van der Waals surface area contributed by atoms with Gasteiger partial charge in [-0.2, -0.15) is 0 Å². The Morgan fingerprint density at radius 2 is 1.29 bits per heavy atom. The number of hydrogen-bond acceptors (Lipinski definition) is 2. The van der Waals surface area contributed by atoms with E-state index in [2.05, 4.69) is 11.8 Å². The highest BCUT2D eigenvalue weighted by Crippen LogP contribution is 2.22. The molecule has 0 aliphatic carbocycles. The number of benzene rings is 2. The lowest BCUT2D eigenvalue weighted by Crippen LogP contribution is -2.38. The Kier molecular flexibility index (Phi) is 5.39. The Morgan fingerprint density at radius 1 is 0.833 bits per heavy atom. The van der Waals surface area contributed by atoms with Gasteiger partial charge in [-0.05, 0) is 36.2 Å². The zero-order valence-electron chi connectivity index (χ0n) is 14.1. The van der Waals surface area contributed by atoms with Gasteiger partial charge in [-0.15, -0.1) is 0 Å². The molecule has 1 aliphatic heterocycles. The number of ketones is 1. The minimum Gasteiger partial charge on any atom is -0.295 e. The molecular weight excluding hydrogens is 294 g/mol. The van der Waals surface area contributed by atoms with Crippen LogP contribution < -0.4 is 0 Å². The summed E-state index contributed by atoms with van der Waals surface area (Å²) in [7, 11) is 0. The van der Waals surface area contributed by atoms with Gasteiger partial charge in [0.25, 0.3) is 0 Å². The van der Waals surface area contributed by atoms with Crippen molar-refractivity contribution in [2.24, 2.45) is 0 Å². The first-order valence-electron chi connectivity index (χ1n) is 8.54. The Bertz CT molecular complexity index is 683. The molecule has 0 amide bonds. The summed E-state index contributed by atoms with van der Waals surface area (Å²) < 4.78 is 0. The molecule has 0 unspecified atom stereocenters. The van der Waals surface area contributed by atoms with Crippen molar-refractivity contribution in [3.05, 3.63) is 82.9 Å². The monoisotopic (exact) mass is 317 g/mol. The summed E-state index contributed by atoms with van der Waals surface area (Å²) in [5.74, 6) is 0.176. The summed E-state index contributed by atoms with van der Waals surface area (Å²) >= 11 is 0. The van der Waals surface area contributed by atoms with Gasteiger partial charge < -0.3 is 0 Å². The summed E-state index contributed by atoms with van der Waals surface area (Å²) in [5, 5.41) is 0. The van der Waals surface area contributed by atoms with Crippen molar-refractivity contribution in [2.75, 3.05) is 19.6 Å². The lowest BCUT2D eigenvalue weighted by molar-refractivity contribution is -0.113. The number of piperidine rings is 1. The lowest BCUT2D eigenvalue weighted by Gasteiger charge is -2.29. The second-order valence-electron chi connectivity index (χ2n) is 6.20. The number of likely N-dealkylation sites (tertiary alicyclic amines) is 1. The summed E-state index contributed by atoms with van der Waals surface area (Å²) in [5.41, 5.74) is 3.92. The third-order valence-electron chi connectivity index (χ3n) is 4.19. The number of Topliss-reactive ketones (excluding diaryl/α,β-unsaturated/α-hetero) is 1. The quantitative estimate of drug-likeness (QED) is 0.777. The standard InChI is InChI=1S/C22H23NO/c1-2-13-23-16-20(14-18-9-5-3-6-10-18)22(24)21(17-23)15-19-11-7-4-8-12-19/h3-12,14-15H,2,13,16-17H2,1H3/b20-14-,21-15+. The number of hydrogen-bond donors (Lipinski definition) is 0. The van der Waals surface area contributed by atoms with Crippen molar-refractivity contribution in [3.8, 4) is 0 Å². The molecule has 0 bridgehead atoms. The van der Waals surface area contributed by atoms with Gasteiger partial charge in [0.1, 0.15) is 0 Å². The zero-order chi connectivity index (χ0) is 16.8. The van der Waals surface area contributed by atoms with Gasteiger partial charge in [0.2, 0.25) is 0 Å². The molecule has 0 atom stereocenters. The molecule has 3 rings (SSSR count). The maximum absolute atomic E-state index is 12.9. The van der Waals surface area contributed by atoms with Gasteiger partial charge in [-0.25, -0.2) is 0 Å². The molecule has 2 heteroatoms. The second-order valence-corrected chi connectivity index (χ2v) is 6.20. The van der Waals surface area contributed by atoms with E-state index in [1.54, 1.807) is 0 Å². The van der Waals surface area contributed by atoms with Crippen molar-refractivity contribution >= 4 is 17.9 Å². The molecule has 1 aliphatic rings. The highest BCUT2D eigenvalue weighted by atomic mass is 16.1. The molecule has 0 saturated carbocycles. The highest BCUT2D eigenvalue weighted by Gasteiger charge is 2.25. The van der Waals surface area contributed by atoms with Crippen LogP contribution in [0.25, 0.3) is 12.2 Å². The van der Waals surface area contributed by atoms with Gasteiger partial charge in [-0.3, -0.25) is 9.69 Å². The van der Waals surface area contributed by atoms with Gasteiger partial charge in [0, 0.05) is 24.2 Å². The molecule has 0 aromatic heterocycles. The smallest absolute Gasteiger partial charge is 0.187 e. The van der Waals surface area contributed by atoms with Gasteiger partial charge >= 0.3 is 0 Å². The molecule has 2 aromatic rings. The Hall–Kier alpha value is -2.45. The van der Waals surface area contributed by atoms with Gasteiger partial charge in [-0.1, -0.05) is 67.6 Å². The average molecular weight is 317 g/mol.